The van der Waals surface area contributed by atoms with Crippen molar-refractivity contribution in [2.75, 3.05) is 12.4 Å². The number of carboxylic acid groups (broad SMARTS) is 1. The van der Waals surface area contributed by atoms with Crippen LogP contribution in [-0.4, -0.2) is 23.4 Å². The number of rotatable bonds is 6. The summed E-state index contributed by atoms with van der Waals surface area (Å²) in [6.07, 6.45) is 0. The van der Waals surface area contributed by atoms with Crippen molar-refractivity contribution in [3.63, 3.8) is 0 Å². The second kappa shape index (κ2) is 7.47. The largest absolute Gasteiger partial charge is 0.493 e. The van der Waals surface area contributed by atoms with Crippen LogP contribution in [0.25, 0.3) is 0 Å². The molecule has 6 heteroatoms. The molecule has 0 saturated heterocycles. The van der Waals surface area contributed by atoms with E-state index >= 15 is 0 Å². The first kappa shape index (κ1) is 15.9. The van der Waals surface area contributed by atoms with E-state index in [4.69, 9.17) is 9.84 Å². The molecule has 0 spiro atoms. The van der Waals surface area contributed by atoms with Gasteiger partial charge in [-0.1, -0.05) is 15.9 Å². The Labute approximate surface area is 134 Å². The van der Waals surface area contributed by atoms with Crippen molar-refractivity contribution >= 4 is 33.7 Å². The Balaban J connectivity index is 1.90. The van der Waals surface area contributed by atoms with Gasteiger partial charge in [0.15, 0.2) is 0 Å². The van der Waals surface area contributed by atoms with Gasteiger partial charge in [-0.25, -0.2) is 9.18 Å². The summed E-state index contributed by atoms with van der Waals surface area (Å²) in [5.41, 5.74) is 0.269. The summed E-state index contributed by atoms with van der Waals surface area (Å²) in [5, 5.41) is 9.12. The highest BCUT2D eigenvalue weighted by Gasteiger charge is 2.10. The average Bonchev–Trinajstić information content (AvgIpc) is 2.45. The lowest BCUT2D eigenvalue weighted by Crippen LogP contribution is -2.03. The second-order valence-electron chi connectivity index (χ2n) is 4.10. The van der Waals surface area contributed by atoms with Gasteiger partial charge in [0.05, 0.1) is 12.2 Å². The van der Waals surface area contributed by atoms with Crippen molar-refractivity contribution in [1.29, 1.82) is 0 Å². The molecule has 0 aliphatic rings. The molecule has 3 nitrogen and oxygen atoms in total. The molecule has 0 saturated carbocycles. The Hall–Kier alpha value is -1.53. The van der Waals surface area contributed by atoms with Gasteiger partial charge in [0, 0.05) is 15.1 Å². The van der Waals surface area contributed by atoms with Gasteiger partial charge in [-0.05, 0) is 42.5 Å². The first-order chi connectivity index (χ1) is 10.1. The number of ether oxygens (including phenoxy) is 1. The summed E-state index contributed by atoms with van der Waals surface area (Å²) in [6, 6.07) is 10.8. The lowest BCUT2D eigenvalue weighted by molar-refractivity contribution is 0.0693. The normalized spacial score (nSPS) is 10.4. The Morgan fingerprint density at radius 1 is 1.24 bits per heavy atom. The van der Waals surface area contributed by atoms with E-state index < -0.39 is 5.97 Å². The topological polar surface area (TPSA) is 46.5 Å². The molecule has 0 aliphatic carbocycles. The molecule has 2 aromatic carbocycles. The summed E-state index contributed by atoms with van der Waals surface area (Å²) < 4.78 is 19.0. The first-order valence-corrected chi connectivity index (χ1v) is 7.88. The number of hydrogen-bond donors (Lipinski definition) is 1. The van der Waals surface area contributed by atoms with Gasteiger partial charge in [0.1, 0.15) is 11.6 Å². The van der Waals surface area contributed by atoms with Crippen molar-refractivity contribution in [2.24, 2.45) is 0 Å². The minimum absolute atomic E-state index is 0.269. The fourth-order valence-electron chi connectivity index (χ4n) is 1.63. The summed E-state index contributed by atoms with van der Waals surface area (Å²) in [5.74, 6) is -0.0835. The number of aromatic carboxylic acids is 1. The molecule has 2 aromatic rings. The van der Waals surface area contributed by atoms with Gasteiger partial charge in [-0.2, -0.15) is 0 Å². The quantitative estimate of drug-likeness (QED) is 0.602. The third-order valence-electron chi connectivity index (χ3n) is 2.60. The standard InChI is InChI=1S/C15H12BrFO3S/c16-10-1-6-13(15(18)19)14(9-10)21-8-7-20-12-4-2-11(17)3-5-12/h1-6,9H,7-8H2,(H,18,19). The van der Waals surface area contributed by atoms with E-state index in [1.54, 1.807) is 30.3 Å². The Morgan fingerprint density at radius 2 is 1.95 bits per heavy atom. The van der Waals surface area contributed by atoms with E-state index in [0.717, 1.165) is 4.47 Å². The third-order valence-corrected chi connectivity index (χ3v) is 4.11. The van der Waals surface area contributed by atoms with Crippen LogP contribution in [0.3, 0.4) is 0 Å². The van der Waals surface area contributed by atoms with Crippen LogP contribution in [0.15, 0.2) is 51.8 Å². The molecule has 21 heavy (non-hydrogen) atoms. The molecule has 0 bridgehead atoms. The van der Waals surface area contributed by atoms with Crippen molar-refractivity contribution in [2.45, 2.75) is 4.90 Å². The molecular weight excluding hydrogens is 359 g/mol. The number of thioether (sulfide) groups is 1. The van der Waals surface area contributed by atoms with Gasteiger partial charge in [-0.3, -0.25) is 0 Å². The van der Waals surface area contributed by atoms with Gasteiger partial charge in [-0.15, -0.1) is 11.8 Å². The van der Waals surface area contributed by atoms with Gasteiger partial charge in [0.2, 0.25) is 0 Å². The zero-order valence-corrected chi connectivity index (χ0v) is 13.3. The lowest BCUT2D eigenvalue weighted by atomic mass is 10.2. The van der Waals surface area contributed by atoms with Crippen LogP contribution < -0.4 is 4.74 Å². The highest BCUT2D eigenvalue weighted by Crippen LogP contribution is 2.26. The summed E-state index contributed by atoms with van der Waals surface area (Å²) in [4.78, 5) is 11.8. The second-order valence-corrected chi connectivity index (χ2v) is 6.15. The van der Waals surface area contributed by atoms with Crippen LogP contribution >= 0.6 is 27.7 Å². The van der Waals surface area contributed by atoms with Crippen molar-refractivity contribution in [1.82, 2.24) is 0 Å². The van der Waals surface area contributed by atoms with E-state index in [1.807, 2.05) is 0 Å². The summed E-state index contributed by atoms with van der Waals surface area (Å²) >= 11 is 4.73. The number of benzene rings is 2. The average molecular weight is 371 g/mol. The Bertz CT molecular complexity index is 631. The Morgan fingerprint density at radius 3 is 2.62 bits per heavy atom. The molecule has 0 heterocycles. The predicted octanol–water partition coefficient (Wildman–Crippen LogP) is 4.46. The lowest BCUT2D eigenvalue weighted by Gasteiger charge is -2.08. The molecule has 0 fully saturated rings. The number of hydrogen-bond acceptors (Lipinski definition) is 3. The van der Waals surface area contributed by atoms with Crippen LogP contribution in [0.5, 0.6) is 5.75 Å². The minimum Gasteiger partial charge on any atom is -0.493 e. The van der Waals surface area contributed by atoms with Crippen molar-refractivity contribution < 1.29 is 19.0 Å². The summed E-state index contributed by atoms with van der Waals surface area (Å²) in [6.45, 7) is 0.405. The third kappa shape index (κ3) is 4.75. The number of carboxylic acids is 1. The van der Waals surface area contributed by atoms with Crippen LogP contribution in [0.2, 0.25) is 0 Å². The van der Waals surface area contributed by atoms with Gasteiger partial charge < -0.3 is 9.84 Å². The van der Waals surface area contributed by atoms with Crippen LogP contribution in [0, 0.1) is 5.82 Å². The monoisotopic (exact) mass is 370 g/mol. The van der Waals surface area contributed by atoms with Gasteiger partial charge >= 0.3 is 5.97 Å². The van der Waals surface area contributed by atoms with E-state index in [0.29, 0.717) is 23.0 Å². The highest BCUT2D eigenvalue weighted by molar-refractivity contribution is 9.10. The van der Waals surface area contributed by atoms with E-state index in [9.17, 15) is 9.18 Å². The van der Waals surface area contributed by atoms with E-state index in [2.05, 4.69) is 15.9 Å². The molecule has 2 rings (SSSR count). The SMILES string of the molecule is O=C(O)c1ccc(Br)cc1SCCOc1ccc(F)cc1. The number of halogens is 2. The molecule has 110 valence electrons. The predicted molar refractivity (Wildman–Crippen MR) is 83.7 cm³/mol. The first-order valence-electron chi connectivity index (χ1n) is 6.10. The zero-order chi connectivity index (χ0) is 15.2. The molecule has 0 aliphatic heterocycles. The van der Waals surface area contributed by atoms with Crippen LogP contribution in [0.4, 0.5) is 4.39 Å². The maximum Gasteiger partial charge on any atom is 0.336 e. The van der Waals surface area contributed by atoms with E-state index in [-0.39, 0.29) is 11.4 Å². The van der Waals surface area contributed by atoms with Crippen molar-refractivity contribution in [3.05, 3.63) is 58.3 Å². The molecule has 0 unspecified atom stereocenters. The van der Waals surface area contributed by atoms with Crippen molar-refractivity contribution in [3.8, 4) is 5.75 Å². The maximum atomic E-state index is 12.7. The molecule has 0 aromatic heterocycles. The smallest absolute Gasteiger partial charge is 0.336 e. The molecule has 0 atom stereocenters. The molecule has 0 amide bonds. The van der Waals surface area contributed by atoms with E-state index in [1.165, 1.54) is 23.9 Å². The fraction of sp³-hybridized carbons (Fsp3) is 0.133. The highest BCUT2D eigenvalue weighted by atomic mass is 79.9. The fourth-order valence-corrected chi connectivity index (χ4v) is 3.05. The minimum atomic E-state index is -0.954. The molecule has 1 N–H and O–H groups in total. The zero-order valence-electron chi connectivity index (χ0n) is 10.9. The summed E-state index contributed by atoms with van der Waals surface area (Å²) in [7, 11) is 0. The Kier molecular flexibility index (Phi) is 5.64. The maximum absolute atomic E-state index is 12.7. The number of carbonyl (C=O) groups is 1. The molecular formula is C15H12BrFO3S. The molecule has 0 radical (unpaired) electrons. The van der Waals surface area contributed by atoms with Crippen LogP contribution in [0.1, 0.15) is 10.4 Å². The van der Waals surface area contributed by atoms with Crippen LogP contribution in [-0.2, 0) is 0 Å². The van der Waals surface area contributed by atoms with Gasteiger partial charge in [0.25, 0.3) is 0 Å².